The molecule has 0 unspecified atom stereocenters. The Morgan fingerprint density at radius 3 is 2.56 bits per heavy atom. The first kappa shape index (κ1) is 14.2. The van der Waals surface area contributed by atoms with Crippen molar-refractivity contribution in [2.45, 2.75) is 19.9 Å². The number of carbonyl (C=O) groups excluding carboxylic acids is 2. The van der Waals surface area contributed by atoms with Gasteiger partial charge in [-0.05, 0) is 24.1 Å². The number of ether oxygens (including phenoxy) is 1. The average molecular weight is 250 g/mol. The molecule has 1 rings (SSSR count). The molecule has 0 saturated heterocycles. The van der Waals surface area contributed by atoms with Crippen LogP contribution in [0.15, 0.2) is 24.3 Å². The lowest BCUT2D eigenvalue weighted by Crippen LogP contribution is -2.39. The van der Waals surface area contributed by atoms with E-state index in [0.29, 0.717) is 11.3 Å². The van der Waals surface area contributed by atoms with Crippen LogP contribution in [-0.4, -0.2) is 25.0 Å². The maximum absolute atomic E-state index is 11.8. The van der Waals surface area contributed by atoms with E-state index in [1.54, 1.807) is 24.3 Å². The van der Waals surface area contributed by atoms with E-state index in [-0.39, 0.29) is 11.8 Å². The van der Waals surface area contributed by atoms with E-state index >= 15 is 0 Å². The molecule has 18 heavy (non-hydrogen) atoms. The maximum Gasteiger partial charge on any atom is 0.337 e. The quantitative estimate of drug-likeness (QED) is 0.791. The van der Waals surface area contributed by atoms with E-state index < -0.39 is 12.0 Å². The van der Waals surface area contributed by atoms with Gasteiger partial charge in [-0.3, -0.25) is 4.79 Å². The highest BCUT2D eigenvalue weighted by molar-refractivity contribution is 5.96. The fraction of sp³-hybridized carbons (Fsp3) is 0.385. The minimum Gasteiger partial charge on any atom is -0.465 e. The molecule has 1 atom stereocenters. The van der Waals surface area contributed by atoms with E-state index in [2.05, 4.69) is 10.1 Å². The van der Waals surface area contributed by atoms with Crippen LogP contribution in [0.3, 0.4) is 0 Å². The summed E-state index contributed by atoms with van der Waals surface area (Å²) < 4.78 is 4.61. The Bertz CT molecular complexity index is 444. The Balaban J connectivity index is 2.79. The molecule has 3 N–H and O–H groups in total. The Morgan fingerprint density at radius 2 is 2.00 bits per heavy atom. The predicted molar refractivity (Wildman–Crippen MR) is 69.2 cm³/mol. The Kier molecular flexibility index (Phi) is 4.85. The van der Waals surface area contributed by atoms with Crippen LogP contribution < -0.4 is 11.1 Å². The average Bonchev–Trinajstić information content (AvgIpc) is 2.36. The maximum atomic E-state index is 11.8. The number of carbonyl (C=O) groups is 2. The molecule has 0 spiro atoms. The van der Waals surface area contributed by atoms with Crippen LogP contribution in [0.5, 0.6) is 0 Å². The van der Waals surface area contributed by atoms with Gasteiger partial charge in [0.2, 0.25) is 5.91 Å². The Hall–Kier alpha value is -1.88. The normalized spacial score (nSPS) is 12.1. The van der Waals surface area contributed by atoms with Crippen molar-refractivity contribution in [2.75, 3.05) is 12.4 Å². The van der Waals surface area contributed by atoms with Crippen LogP contribution in [0.2, 0.25) is 0 Å². The standard InChI is InChI=1S/C13H18N2O3/c1-8(2)11(14)12(16)15-10-6-4-5-9(7-10)13(17)18-3/h4-8,11H,14H2,1-3H3,(H,15,16)/t11-/m0/s1. The molecule has 0 saturated carbocycles. The number of methoxy groups -OCH3 is 1. The second kappa shape index (κ2) is 6.16. The van der Waals surface area contributed by atoms with E-state index in [1.165, 1.54) is 7.11 Å². The van der Waals surface area contributed by atoms with Gasteiger partial charge in [0.25, 0.3) is 0 Å². The van der Waals surface area contributed by atoms with E-state index in [0.717, 1.165) is 0 Å². The highest BCUT2D eigenvalue weighted by Crippen LogP contribution is 2.12. The highest BCUT2D eigenvalue weighted by atomic mass is 16.5. The van der Waals surface area contributed by atoms with Crippen molar-refractivity contribution >= 4 is 17.6 Å². The Morgan fingerprint density at radius 1 is 1.33 bits per heavy atom. The van der Waals surface area contributed by atoms with E-state index in [4.69, 9.17) is 5.73 Å². The largest absolute Gasteiger partial charge is 0.465 e. The molecule has 0 aliphatic heterocycles. The SMILES string of the molecule is COC(=O)c1cccc(NC(=O)[C@@H](N)C(C)C)c1. The van der Waals surface area contributed by atoms with Gasteiger partial charge >= 0.3 is 5.97 Å². The number of rotatable bonds is 4. The molecule has 5 heteroatoms. The number of nitrogens with one attached hydrogen (secondary N) is 1. The summed E-state index contributed by atoms with van der Waals surface area (Å²) >= 11 is 0. The van der Waals surface area contributed by atoms with Crippen LogP contribution in [-0.2, 0) is 9.53 Å². The van der Waals surface area contributed by atoms with Gasteiger partial charge in [-0.2, -0.15) is 0 Å². The molecule has 1 aromatic rings. The van der Waals surface area contributed by atoms with Crippen molar-refractivity contribution in [3.63, 3.8) is 0 Å². The summed E-state index contributed by atoms with van der Waals surface area (Å²) in [6.45, 7) is 3.74. The zero-order chi connectivity index (χ0) is 13.7. The van der Waals surface area contributed by atoms with E-state index in [9.17, 15) is 9.59 Å². The molecule has 1 aromatic carbocycles. The molecule has 0 heterocycles. The van der Waals surface area contributed by atoms with Crippen molar-refractivity contribution in [3.8, 4) is 0 Å². The van der Waals surface area contributed by atoms with Gasteiger partial charge in [0, 0.05) is 5.69 Å². The summed E-state index contributed by atoms with van der Waals surface area (Å²) in [7, 11) is 1.31. The summed E-state index contributed by atoms with van der Waals surface area (Å²) in [5.74, 6) is -0.667. The first-order valence-electron chi connectivity index (χ1n) is 5.70. The number of esters is 1. The van der Waals surface area contributed by atoms with Crippen molar-refractivity contribution in [2.24, 2.45) is 11.7 Å². The van der Waals surface area contributed by atoms with Gasteiger partial charge in [0.1, 0.15) is 0 Å². The summed E-state index contributed by atoms with van der Waals surface area (Å²) in [5, 5.41) is 2.67. The first-order chi connectivity index (χ1) is 8.45. The summed E-state index contributed by atoms with van der Waals surface area (Å²) in [6.07, 6.45) is 0. The van der Waals surface area contributed by atoms with Crippen LogP contribution in [0, 0.1) is 5.92 Å². The fourth-order valence-corrected chi connectivity index (χ4v) is 1.37. The van der Waals surface area contributed by atoms with Crippen molar-refractivity contribution in [3.05, 3.63) is 29.8 Å². The molecule has 5 nitrogen and oxygen atoms in total. The molecule has 0 aromatic heterocycles. The number of anilines is 1. The van der Waals surface area contributed by atoms with Gasteiger partial charge in [0.05, 0.1) is 18.7 Å². The molecule has 0 aliphatic rings. The molecule has 0 fully saturated rings. The minimum absolute atomic E-state index is 0.0498. The predicted octanol–water partition coefficient (Wildman–Crippen LogP) is 1.39. The Labute approximate surface area is 106 Å². The van der Waals surface area contributed by atoms with E-state index in [1.807, 2.05) is 13.8 Å². The third-order valence-corrected chi connectivity index (χ3v) is 2.57. The fourth-order valence-electron chi connectivity index (χ4n) is 1.37. The topological polar surface area (TPSA) is 81.4 Å². The number of benzene rings is 1. The highest BCUT2D eigenvalue weighted by Gasteiger charge is 2.17. The van der Waals surface area contributed by atoms with Crippen LogP contribution in [0.1, 0.15) is 24.2 Å². The third-order valence-electron chi connectivity index (χ3n) is 2.57. The van der Waals surface area contributed by atoms with Crippen LogP contribution in [0.4, 0.5) is 5.69 Å². The van der Waals surface area contributed by atoms with Gasteiger partial charge in [-0.15, -0.1) is 0 Å². The number of amides is 1. The molecule has 0 aliphatic carbocycles. The lowest BCUT2D eigenvalue weighted by Gasteiger charge is -2.15. The zero-order valence-electron chi connectivity index (χ0n) is 10.8. The molecule has 0 bridgehead atoms. The van der Waals surface area contributed by atoms with Crippen LogP contribution in [0.25, 0.3) is 0 Å². The number of hydrogen-bond donors (Lipinski definition) is 2. The first-order valence-corrected chi connectivity index (χ1v) is 5.70. The third kappa shape index (κ3) is 3.56. The number of hydrogen-bond acceptors (Lipinski definition) is 4. The van der Waals surface area contributed by atoms with Crippen LogP contribution >= 0.6 is 0 Å². The summed E-state index contributed by atoms with van der Waals surface area (Å²) in [5.41, 5.74) is 6.64. The van der Waals surface area contributed by atoms with Gasteiger partial charge < -0.3 is 15.8 Å². The second-order valence-electron chi connectivity index (χ2n) is 4.33. The summed E-state index contributed by atoms with van der Waals surface area (Å²) in [4.78, 5) is 23.1. The smallest absolute Gasteiger partial charge is 0.337 e. The van der Waals surface area contributed by atoms with Gasteiger partial charge in [-0.25, -0.2) is 4.79 Å². The molecule has 0 radical (unpaired) electrons. The molecular weight excluding hydrogens is 232 g/mol. The van der Waals surface area contributed by atoms with Crippen molar-refractivity contribution < 1.29 is 14.3 Å². The lowest BCUT2D eigenvalue weighted by molar-refractivity contribution is -0.118. The molecule has 1 amide bonds. The number of nitrogens with two attached hydrogens (primary N) is 1. The minimum atomic E-state index is -0.577. The van der Waals surface area contributed by atoms with Gasteiger partial charge in [-0.1, -0.05) is 19.9 Å². The van der Waals surface area contributed by atoms with Crippen molar-refractivity contribution in [1.29, 1.82) is 0 Å². The summed E-state index contributed by atoms with van der Waals surface area (Å²) in [6, 6.07) is 5.95. The van der Waals surface area contributed by atoms with Crippen molar-refractivity contribution in [1.82, 2.24) is 0 Å². The zero-order valence-corrected chi connectivity index (χ0v) is 10.8. The monoisotopic (exact) mass is 250 g/mol. The lowest BCUT2D eigenvalue weighted by atomic mass is 10.0. The molecular formula is C13H18N2O3. The second-order valence-corrected chi connectivity index (χ2v) is 4.33. The van der Waals surface area contributed by atoms with Gasteiger partial charge in [0.15, 0.2) is 0 Å². The molecule has 98 valence electrons.